The third-order valence-corrected chi connectivity index (χ3v) is 8.49. The largest absolute Gasteiger partial charge is 0.504 e. The number of hydrogen-bond donors (Lipinski definition) is 3. The van der Waals surface area contributed by atoms with E-state index in [-0.39, 0.29) is 41.6 Å². The Morgan fingerprint density at radius 1 is 1.00 bits per heavy atom. The molecular formula is C31H41NO8. The number of rotatable bonds is 10. The molecule has 9 heteroatoms. The van der Waals surface area contributed by atoms with Crippen LogP contribution in [-0.4, -0.2) is 71.7 Å². The van der Waals surface area contributed by atoms with Gasteiger partial charge in [0.2, 0.25) is 11.7 Å². The van der Waals surface area contributed by atoms with Crippen molar-refractivity contribution >= 4 is 5.91 Å². The highest BCUT2D eigenvalue weighted by molar-refractivity contribution is 5.77. The van der Waals surface area contributed by atoms with Gasteiger partial charge < -0.3 is 39.2 Å². The molecule has 0 spiro atoms. The van der Waals surface area contributed by atoms with Gasteiger partial charge in [-0.15, -0.1) is 0 Å². The molecule has 218 valence electrons. The van der Waals surface area contributed by atoms with Crippen LogP contribution >= 0.6 is 0 Å². The highest BCUT2D eigenvalue weighted by Gasteiger charge is 2.33. The minimum Gasteiger partial charge on any atom is -0.504 e. The number of phenols is 2. The molecule has 3 aliphatic rings. The highest BCUT2D eigenvalue weighted by atomic mass is 16.5. The fourth-order valence-corrected chi connectivity index (χ4v) is 6.07. The Bertz CT molecular complexity index is 1180. The number of aliphatic hydroxyl groups is 1. The number of likely N-dealkylation sites (tertiary alicyclic amines) is 1. The van der Waals surface area contributed by atoms with Crippen LogP contribution < -0.4 is 14.2 Å². The molecule has 1 saturated carbocycles. The summed E-state index contributed by atoms with van der Waals surface area (Å²) in [6.07, 6.45) is 5.37. The SMILES string of the molecule is COc1cc(CC[C@@H]2C[C@H](O)C[C@@H](c3cc(OC)c(O)c(O[C@H]4CC[C@H](CC(=O)N5CCC5)C4)c3)O2)ccc1O. The van der Waals surface area contributed by atoms with Crippen molar-refractivity contribution in [3.8, 4) is 28.7 Å². The van der Waals surface area contributed by atoms with E-state index in [1.54, 1.807) is 18.2 Å². The Kier molecular flexibility index (Phi) is 8.90. The van der Waals surface area contributed by atoms with Crippen LogP contribution in [0.2, 0.25) is 0 Å². The predicted octanol–water partition coefficient (Wildman–Crippen LogP) is 4.50. The normalized spacial score (nSPS) is 26.3. The van der Waals surface area contributed by atoms with Gasteiger partial charge in [-0.25, -0.2) is 0 Å². The molecule has 3 fully saturated rings. The van der Waals surface area contributed by atoms with Gasteiger partial charge in [-0.3, -0.25) is 4.79 Å². The zero-order chi connectivity index (χ0) is 28.2. The van der Waals surface area contributed by atoms with Crippen LogP contribution in [0.25, 0.3) is 0 Å². The zero-order valence-electron chi connectivity index (χ0n) is 23.4. The maximum Gasteiger partial charge on any atom is 0.222 e. The molecule has 0 bridgehead atoms. The molecule has 2 saturated heterocycles. The molecule has 40 heavy (non-hydrogen) atoms. The summed E-state index contributed by atoms with van der Waals surface area (Å²) in [6, 6.07) is 8.83. The second kappa shape index (κ2) is 12.6. The summed E-state index contributed by atoms with van der Waals surface area (Å²) < 4.78 is 23.4. The van der Waals surface area contributed by atoms with Crippen molar-refractivity contribution in [1.82, 2.24) is 4.90 Å². The van der Waals surface area contributed by atoms with Crippen molar-refractivity contribution in [2.24, 2.45) is 5.92 Å². The summed E-state index contributed by atoms with van der Waals surface area (Å²) >= 11 is 0. The Hall–Kier alpha value is -3.17. The monoisotopic (exact) mass is 555 g/mol. The van der Waals surface area contributed by atoms with Crippen molar-refractivity contribution in [2.75, 3.05) is 27.3 Å². The zero-order valence-corrected chi connectivity index (χ0v) is 23.4. The number of methoxy groups -OCH3 is 2. The van der Waals surface area contributed by atoms with Crippen LogP contribution in [0.1, 0.15) is 68.6 Å². The van der Waals surface area contributed by atoms with Gasteiger partial charge in [-0.05, 0) is 86.3 Å². The van der Waals surface area contributed by atoms with E-state index in [2.05, 4.69) is 0 Å². The number of ether oxygens (including phenoxy) is 4. The van der Waals surface area contributed by atoms with E-state index in [1.807, 2.05) is 17.0 Å². The first-order valence-corrected chi connectivity index (χ1v) is 14.4. The standard InChI is InChI=1S/C31H41NO8/c1-37-27-13-19(6-9-25(27)34)4-7-24-17-22(33)18-26(39-24)21-15-28(38-2)31(36)29(16-21)40-23-8-5-20(12-23)14-30(35)32-10-3-11-32/h6,9,13,15-16,20,22-24,26,33-34,36H,3-5,7-8,10-12,14,17-18H2,1-2H3/t20-,22-,23-,24+,26-/m0/s1. The first kappa shape index (κ1) is 28.4. The number of amides is 1. The second-order valence-electron chi connectivity index (χ2n) is 11.3. The first-order chi connectivity index (χ1) is 19.3. The number of benzene rings is 2. The van der Waals surface area contributed by atoms with Crippen molar-refractivity contribution in [3.63, 3.8) is 0 Å². The maximum absolute atomic E-state index is 12.4. The quantitative estimate of drug-likeness (QED) is 0.392. The molecule has 2 aliphatic heterocycles. The number of carbonyl (C=O) groups excluding carboxylic acids is 1. The minimum atomic E-state index is -0.526. The molecule has 0 aromatic heterocycles. The van der Waals surface area contributed by atoms with Crippen molar-refractivity contribution in [2.45, 2.75) is 82.2 Å². The van der Waals surface area contributed by atoms with Gasteiger partial charge in [0.1, 0.15) is 0 Å². The van der Waals surface area contributed by atoms with Crippen molar-refractivity contribution in [3.05, 3.63) is 41.5 Å². The van der Waals surface area contributed by atoms with Gasteiger partial charge in [-0.2, -0.15) is 0 Å². The maximum atomic E-state index is 12.4. The van der Waals surface area contributed by atoms with Gasteiger partial charge in [0.25, 0.3) is 0 Å². The molecule has 1 amide bonds. The molecule has 2 aromatic carbocycles. The topological polar surface area (TPSA) is 118 Å². The van der Waals surface area contributed by atoms with Crippen molar-refractivity contribution in [1.29, 1.82) is 0 Å². The lowest BCUT2D eigenvalue weighted by Crippen LogP contribution is -2.42. The molecule has 2 heterocycles. The van der Waals surface area contributed by atoms with Crippen LogP contribution in [0.15, 0.2) is 30.3 Å². The number of carbonyl (C=O) groups is 1. The molecule has 9 nitrogen and oxygen atoms in total. The smallest absolute Gasteiger partial charge is 0.222 e. The summed E-state index contributed by atoms with van der Waals surface area (Å²) in [4.78, 5) is 14.3. The Morgan fingerprint density at radius 3 is 2.50 bits per heavy atom. The van der Waals surface area contributed by atoms with Crippen LogP contribution in [0, 0.1) is 5.92 Å². The van der Waals surface area contributed by atoms with Gasteiger partial charge in [0, 0.05) is 25.9 Å². The number of nitrogens with zero attached hydrogens (tertiary/aromatic N) is 1. The molecule has 3 N–H and O–H groups in total. The lowest BCUT2D eigenvalue weighted by molar-refractivity contribution is -0.135. The van der Waals surface area contributed by atoms with Crippen LogP contribution in [-0.2, 0) is 16.0 Å². The number of aliphatic hydroxyl groups excluding tert-OH is 1. The van der Waals surface area contributed by atoms with E-state index in [0.29, 0.717) is 49.4 Å². The van der Waals surface area contributed by atoms with E-state index in [0.717, 1.165) is 49.9 Å². The van der Waals surface area contributed by atoms with E-state index in [4.69, 9.17) is 18.9 Å². The molecular weight excluding hydrogens is 514 g/mol. The van der Waals surface area contributed by atoms with E-state index < -0.39 is 6.10 Å². The van der Waals surface area contributed by atoms with Gasteiger partial charge in [0.05, 0.1) is 38.6 Å². The fraction of sp³-hybridized carbons (Fsp3) is 0.581. The number of aryl methyl sites for hydroxylation is 1. The third kappa shape index (κ3) is 6.58. The molecule has 2 aromatic rings. The van der Waals surface area contributed by atoms with Crippen molar-refractivity contribution < 1.29 is 39.1 Å². The molecule has 1 aliphatic carbocycles. The third-order valence-electron chi connectivity index (χ3n) is 8.49. The minimum absolute atomic E-state index is 0.0551. The number of hydrogen-bond acceptors (Lipinski definition) is 8. The average molecular weight is 556 g/mol. The summed E-state index contributed by atoms with van der Waals surface area (Å²) in [5.74, 6) is 1.63. The molecule has 5 atom stereocenters. The van der Waals surface area contributed by atoms with Gasteiger partial charge >= 0.3 is 0 Å². The van der Waals surface area contributed by atoms with E-state index >= 15 is 0 Å². The van der Waals surface area contributed by atoms with Crippen LogP contribution in [0.3, 0.4) is 0 Å². The van der Waals surface area contributed by atoms with E-state index in [9.17, 15) is 20.1 Å². The average Bonchev–Trinajstić information content (AvgIpc) is 3.34. The highest BCUT2D eigenvalue weighted by Crippen LogP contribution is 2.44. The summed E-state index contributed by atoms with van der Waals surface area (Å²) in [5, 5.41) is 31.4. The summed E-state index contributed by atoms with van der Waals surface area (Å²) in [7, 11) is 3.02. The Morgan fingerprint density at radius 2 is 1.77 bits per heavy atom. The summed E-state index contributed by atoms with van der Waals surface area (Å²) in [6.45, 7) is 1.74. The predicted molar refractivity (Wildman–Crippen MR) is 148 cm³/mol. The van der Waals surface area contributed by atoms with Gasteiger partial charge in [0.15, 0.2) is 23.0 Å². The van der Waals surface area contributed by atoms with Gasteiger partial charge in [-0.1, -0.05) is 6.07 Å². The van der Waals surface area contributed by atoms with Crippen LogP contribution in [0.5, 0.6) is 28.7 Å². The van der Waals surface area contributed by atoms with E-state index in [1.165, 1.54) is 14.2 Å². The number of phenolic OH excluding ortho intramolecular Hbond substituents is 2. The Balaban J connectivity index is 1.23. The molecule has 5 rings (SSSR count). The molecule has 0 radical (unpaired) electrons. The summed E-state index contributed by atoms with van der Waals surface area (Å²) in [5.41, 5.74) is 1.79. The lowest BCUT2D eigenvalue weighted by atomic mass is 9.93. The Labute approximate surface area is 235 Å². The fourth-order valence-electron chi connectivity index (χ4n) is 6.07. The first-order valence-electron chi connectivity index (χ1n) is 14.4. The van der Waals surface area contributed by atoms with Crippen LogP contribution in [0.4, 0.5) is 0 Å². The number of aromatic hydroxyl groups is 2. The lowest BCUT2D eigenvalue weighted by Gasteiger charge is -2.34. The molecule has 0 unspecified atom stereocenters. The second-order valence-corrected chi connectivity index (χ2v) is 11.3.